The summed E-state index contributed by atoms with van der Waals surface area (Å²) in [6.07, 6.45) is 3.15. The summed E-state index contributed by atoms with van der Waals surface area (Å²) >= 11 is 6.50. The SMILES string of the molecule is CC(=O)Oc1ccc(Cl)c(Cc2coc(Cc3ccccc3)c2)c1C(C)C. The van der Waals surface area contributed by atoms with Gasteiger partial charge in [0.2, 0.25) is 0 Å². The minimum Gasteiger partial charge on any atom is -0.469 e. The Balaban J connectivity index is 1.88. The molecule has 0 N–H and O–H groups in total. The van der Waals surface area contributed by atoms with Crippen LogP contribution >= 0.6 is 11.6 Å². The van der Waals surface area contributed by atoms with Gasteiger partial charge in [-0.15, -0.1) is 0 Å². The summed E-state index contributed by atoms with van der Waals surface area (Å²) in [6, 6.07) is 15.8. The molecule has 1 heterocycles. The van der Waals surface area contributed by atoms with Crippen LogP contribution in [-0.4, -0.2) is 5.97 Å². The number of halogens is 1. The number of carbonyl (C=O) groups is 1. The smallest absolute Gasteiger partial charge is 0.308 e. The predicted octanol–water partition coefficient (Wildman–Crippen LogP) is 6.16. The second-order valence-corrected chi connectivity index (χ2v) is 7.35. The maximum atomic E-state index is 11.4. The molecule has 0 fully saturated rings. The van der Waals surface area contributed by atoms with Crippen LogP contribution in [0, 0.1) is 0 Å². The van der Waals surface area contributed by atoms with E-state index >= 15 is 0 Å². The van der Waals surface area contributed by atoms with Gasteiger partial charge in [0, 0.05) is 30.4 Å². The fourth-order valence-corrected chi connectivity index (χ4v) is 3.52. The summed E-state index contributed by atoms with van der Waals surface area (Å²) < 4.78 is 11.2. The lowest BCUT2D eigenvalue weighted by Crippen LogP contribution is -2.08. The van der Waals surface area contributed by atoms with Crippen LogP contribution in [0.1, 0.15) is 54.7 Å². The maximum Gasteiger partial charge on any atom is 0.308 e. The number of furan rings is 1. The van der Waals surface area contributed by atoms with Crippen molar-refractivity contribution in [3.63, 3.8) is 0 Å². The molecule has 0 aliphatic carbocycles. The average Bonchev–Trinajstić information content (AvgIpc) is 3.05. The average molecular weight is 383 g/mol. The Kier molecular flexibility index (Phi) is 6.02. The van der Waals surface area contributed by atoms with E-state index in [1.807, 2.05) is 18.2 Å². The molecule has 0 bridgehead atoms. The summed E-state index contributed by atoms with van der Waals surface area (Å²) in [5.41, 5.74) is 4.18. The molecule has 140 valence electrons. The molecule has 2 aromatic carbocycles. The van der Waals surface area contributed by atoms with Gasteiger partial charge in [-0.1, -0.05) is 55.8 Å². The van der Waals surface area contributed by atoms with Crippen molar-refractivity contribution in [1.29, 1.82) is 0 Å². The van der Waals surface area contributed by atoms with Gasteiger partial charge in [0.15, 0.2) is 0 Å². The molecule has 0 radical (unpaired) electrons. The third-order valence-electron chi connectivity index (χ3n) is 4.40. The minimum absolute atomic E-state index is 0.170. The first-order chi connectivity index (χ1) is 12.9. The number of ether oxygens (including phenoxy) is 1. The zero-order valence-corrected chi connectivity index (χ0v) is 16.5. The molecule has 0 aliphatic heterocycles. The molecule has 0 amide bonds. The third kappa shape index (κ3) is 4.81. The molecular formula is C23H23ClO3. The Labute approximate surface area is 164 Å². The van der Waals surface area contributed by atoms with Crippen molar-refractivity contribution >= 4 is 17.6 Å². The first-order valence-corrected chi connectivity index (χ1v) is 9.41. The molecule has 0 aliphatic rings. The first-order valence-electron chi connectivity index (χ1n) is 9.04. The van der Waals surface area contributed by atoms with Crippen molar-refractivity contribution in [3.8, 4) is 5.75 Å². The summed E-state index contributed by atoms with van der Waals surface area (Å²) in [4.78, 5) is 11.4. The Morgan fingerprint density at radius 3 is 2.48 bits per heavy atom. The molecule has 3 nitrogen and oxygen atoms in total. The molecular weight excluding hydrogens is 360 g/mol. The van der Waals surface area contributed by atoms with E-state index in [0.717, 1.165) is 28.9 Å². The highest BCUT2D eigenvalue weighted by Crippen LogP contribution is 2.36. The Morgan fingerprint density at radius 2 is 1.81 bits per heavy atom. The van der Waals surface area contributed by atoms with Crippen LogP contribution < -0.4 is 4.74 Å². The van der Waals surface area contributed by atoms with Crippen molar-refractivity contribution in [2.45, 2.75) is 39.5 Å². The molecule has 0 spiro atoms. The topological polar surface area (TPSA) is 39.4 Å². The molecule has 3 aromatic rings. The van der Waals surface area contributed by atoms with Gasteiger partial charge in [0.05, 0.1) is 6.26 Å². The van der Waals surface area contributed by atoms with Crippen LogP contribution in [-0.2, 0) is 17.6 Å². The largest absolute Gasteiger partial charge is 0.469 e. The van der Waals surface area contributed by atoms with E-state index in [-0.39, 0.29) is 11.9 Å². The Bertz CT molecular complexity index is 926. The van der Waals surface area contributed by atoms with E-state index in [1.165, 1.54) is 12.5 Å². The van der Waals surface area contributed by atoms with E-state index in [2.05, 4.69) is 32.0 Å². The van der Waals surface area contributed by atoms with Crippen LogP contribution in [0.5, 0.6) is 5.75 Å². The fourth-order valence-electron chi connectivity index (χ4n) is 3.29. The van der Waals surface area contributed by atoms with Gasteiger partial charge in [-0.05, 0) is 40.8 Å². The lowest BCUT2D eigenvalue weighted by Gasteiger charge is -2.18. The zero-order chi connectivity index (χ0) is 19.4. The minimum atomic E-state index is -0.335. The molecule has 0 saturated heterocycles. The fraction of sp³-hybridized carbons (Fsp3) is 0.261. The van der Waals surface area contributed by atoms with Crippen LogP contribution in [0.4, 0.5) is 0 Å². The van der Waals surface area contributed by atoms with Crippen molar-refractivity contribution in [2.24, 2.45) is 0 Å². The van der Waals surface area contributed by atoms with Gasteiger partial charge in [-0.2, -0.15) is 0 Å². The number of esters is 1. The van der Waals surface area contributed by atoms with E-state index < -0.39 is 0 Å². The van der Waals surface area contributed by atoms with Crippen LogP contribution in [0.3, 0.4) is 0 Å². The van der Waals surface area contributed by atoms with Crippen molar-refractivity contribution < 1.29 is 13.9 Å². The monoisotopic (exact) mass is 382 g/mol. The molecule has 27 heavy (non-hydrogen) atoms. The summed E-state index contributed by atoms with van der Waals surface area (Å²) in [5, 5.41) is 0.667. The highest BCUT2D eigenvalue weighted by atomic mass is 35.5. The molecule has 0 unspecified atom stereocenters. The van der Waals surface area contributed by atoms with Crippen molar-refractivity contribution in [3.05, 3.63) is 87.8 Å². The summed E-state index contributed by atoms with van der Waals surface area (Å²) in [6.45, 7) is 5.54. The molecule has 1 aromatic heterocycles. The second-order valence-electron chi connectivity index (χ2n) is 6.95. The summed E-state index contributed by atoms with van der Waals surface area (Å²) in [7, 11) is 0. The number of carbonyl (C=O) groups excluding carboxylic acids is 1. The molecule has 0 saturated carbocycles. The van der Waals surface area contributed by atoms with E-state index in [4.69, 9.17) is 20.8 Å². The first kappa shape index (κ1) is 19.2. The van der Waals surface area contributed by atoms with Crippen molar-refractivity contribution in [1.82, 2.24) is 0 Å². The van der Waals surface area contributed by atoms with Crippen LogP contribution in [0.2, 0.25) is 5.02 Å². The number of hydrogen-bond acceptors (Lipinski definition) is 3. The molecule has 0 atom stereocenters. The standard InChI is InChI=1S/C23H23ClO3/c1-15(2)23-20(21(24)9-10-22(23)27-16(3)25)13-18-12-19(26-14-18)11-17-7-5-4-6-8-17/h4-10,12,14-15H,11,13H2,1-3H3. The van der Waals surface area contributed by atoms with Gasteiger partial charge < -0.3 is 9.15 Å². The predicted molar refractivity (Wildman–Crippen MR) is 108 cm³/mol. The van der Waals surface area contributed by atoms with E-state index in [9.17, 15) is 4.79 Å². The lowest BCUT2D eigenvalue weighted by molar-refractivity contribution is -0.131. The van der Waals surface area contributed by atoms with Gasteiger partial charge in [0.25, 0.3) is 0 Å². The quantitative estimate of drug-likeness (QED) is 0.378. The van der Waals surface area contributed by atoms with E-state index in [0.29, 0.717) is 17.2 Å². The zero-order valence-electron chi connectivity index (χ0n) is 15.8. The number of hydrogen-bond donors (Lipinski definition) is 0. The van der Waals surface area contributed by atoms with Gasteiger partial charge in [-0.3, -0.25) is 4.79 Å². The van der Waals surface area contributed by atoms with Crippen LogP contribution in [0.15, 0.2) is 59.2 Å². The lowest BCUT2D eigenvalue weighted by atomic mass is 9.92. The second kappa shape index (κ2) is 8.45. The van der Waals surface area contributed by atoms with E-state index in [1.54, 1.807) is 18.4 Å². The van der Waals surface area contributed by atoms with Crippen molar-refractivity contribution in [2.75, 3.05) is 0 Å². The Morgan fingerprint density at radius 1 is 1.07 bits per heavy atom. The normalized spacial score (nSPS) is 11.0. The number of benzene rings is 2. The van der Waals surface area contributed by atoms with Gasteiger partial charge in [-0.25, -0.2) is 0 Å². The van der Waals surface area contributed by atoms with Crippen LogP contribution in [0.25, 0.3) is 0 Å². The maximum absolute atomic E-state index is 11.4. The molecule has 4 heteroatoms. The highest BCUT2D eigenvalue weighted by Gasteiger charge is 2.19. The van der Waals surface area contributed by atoms with Gasteiger partial charge in [0.1, 0.15) is 11.5 Å². The Hall–Kier alpha value is -2.52. The molecule has 3 rings (SSSR count). The third-order valence-corrected chi connectivity index (χ3v) is 4.76. The van der Waals surface area contributed by atoms with Gasteiger partial charge >= 0.3 is 5.97 Å². The highest BCUT2D eigenvalue weighted by molar-refractivity contribution is 6.31. The number of rotatable bonds is 6. The summed E-state index contributed by atoms with van der Waals surface area (Å²) in [5.74, 6) is 1.32.